The summed E-state index contributed by atoms with van der Waals surface area (Å²) in [6, 6.07) is 0. The molecule has 2 rings (SSSR count). The Hall–Kier alpha value is -0.590. The standard InChI is InChI=1S/C18H31N/c1-12(2)15-7-6-8-17-16(10-9-15)14(5)11-19-18(17)13(3)4/h12-13,15,17H,6-11H2,1-5H3. The Bertz CT molecular complexity index is 373. The van der Waals surface area contributed by atoms with Gasteiger partial charge in [0, 0.05) is 11.6 Å². The smallest absolute Gasteiger partial charge is 0.0599 e. The van der Waals surface area contributed by atoms with Crippen LogP contribution in [-0.2, 0) is 0 Å². The van der Waals surface area contributed by atoms with Gasteiger partial charge in [-0.25, -0.2) is 0 Å². The first-order chi connectivity index (χ1) is 9.00. The molecule has 1 nitrogen and oxygen atoms in total. The van der Waals surface area contributed by atoms with Crippen molar-refractivity contribution in [3.05, 3.63) is 11.1 Å². The third-order valence-electron chi connectivity index (χ3n) is 5.21. The fourth-order valence-corrected chi connectivity index (χ4v) is 3.93. The minimum atomic E-state index is 0.619. The molecular weight excluding hydrogens is 230 g/mol. The second-order valence-electron chi connectivity index (χ2n) is 7.23. The van der Waals surface area contributed by atoms with E-state index in [4.69, 9.17) is 4.99 Å². The number of fused-ring (bicyclic) bond motifs is 1. The fraction of sp³-hybridized carbons (Fsp3) is 0.833. The van der Waals surface area contributed by atoms with E-state index in [0.717, 1.165) is 18.4 Å². The Labute approximate surface area is 119 Å². The van der Waals surface area contributed by atoms with Crippen molar-refractivity contribution in [2.45, 2.75) is 66.7 Å². The summed E-state index contributed by atoms with van der Waals surface area (Å²) in [7, 11) is 0. The number of aliphatic imine (C=N–C) groups is 1. The largest absolute Gasteiger partial charge is 0.289 e. The highest BCUT2D eigenvalue weighted by Gasteiger charge is 2.29. The highest BCUT2D eigenvalue weighted by Crippen LogP contribution is 2.38. The van der Waals surface area contributed by atoms with E-state index < -0.39 is 0 Å². The molecule has 0 radical (unpaired) electrons. The average Bonchev–Trinajstić information content (AvgIpc) is 2.29. The van der Waals surface area contributed by atoms with Crippen molar-refractivity contribution in [2.75, 3.05) is 6.54 Å². The number of hydrogen-bond acceptors (Lipinski definition) is 1. The third kappa shape index (κ3) is 3.30. The van der Waals surface area contributed by atoms with Crippen LogP contribution in [0.2, 0.25) is 0 Å². The predicted molar refractivity (Wildman–Crippen MR) is 84.7 cm³/mol. The first-order valence-electron chi connectivity index (χ1n) is 8.23. The molecule has 0 saturated heterocycles. The molecule has 1 fully saturated rings. The van der Waals surface area contributed by atoms with Gasteiger partial charge in [-0.3, -0.25) is 4.99 Å². The van der Waals surface area contributed by atoms with Gasteiger partial charge in [-0.15, -0.1) is 0 Å². The zero-order valence-corrected chi connectivity index (χ0v) is 13.5. The van der Waals surface area contributed by atoms with Gasteiger partial charge in [0.05, 0.1) is 6.54 Å². The highest BCUT2D eigenvalue weighted by molar-refractivity contribution is 5.92. The van der Waals surface area contributed by atoms with Crippen molar-refractivity contribution >= 4 is 5.71 Å². The third-order valence-corrected chi connectivity index (χ3v) is 5.21. The Balaban J connectivity index is 2.17. The van der Waals surface area contributed by atoms with Gasteiger partial charge in [-0.2, -0.15) is 0 Å². The van der Waals surface area contributed by atoms with Crippen molar-refractivity contribution in [3.63, 3.8) is 0 Å². The van der Waals surface area contributed by atoms with Gasteiger partial charge in [-0.05, 0) is 43.9 Å². The van der Waals surface area contributed by atoms with Gasteiger partial charge in [0.1, 0.15) is 0 Å². The van der Waals surface area contributed by atoms with E-state index in [-0.39, 0.29) is 0 Å². The van der Waals surface area contributed by atoms with Gasteiger partial charge >= 0.3 is 0 Å². The fourth-order valence-electron chi connectivity index (χ4n) is 3.93. The van der Waals surface area contributed by atoms with Crippen LogP contribution in [0.5, 0.6) is 0 Å². The quantitative estimate of drug-likeness (QED) is 0.601. The lowest BCUT2D eigenvalue weighted by Gasteiger charge is -2.34. The summed E-state index contributed by atoms with van der Waals surface area (Å²) >= 11 is 0. The number of nitrogens with zero attached hydrogens (tertiary/aromatic N) is 1. The van der Waals surface area contributed by atoms with Crippen LogP contribution in [0.1, 0.15) is 66.7 Å². The lowest BCUT2D eigenvalue weighted by Crippen LogP contribution is -2.29. The van der Waals surface area contributed by atoms with Crippen molar-refractivity contribution in [2.24, 2.45) is 28.7 Å². The summed E-state index contributed by atoms with van der Waals surface area (Å²) in [5, 5.41) is 0. The SMILES string of the molecule is CC1=C2CCC(C(C)C)CCCC2C(C(C)C)=NC1. The number of rotatable bonds is 2. The van der Waals surface area contributed by atoms with E-state index in [1.165, 1.54) is 37.8 Å². The van der Waals surface area contributed by atoms with E-state index in [1.807, 2.05) is 0 Å². The molecule has 108 valence electrons. The first-order valence-corrected chi connectivity index (χ1v) is 8.23. The summed E-state index contributed by atoms with van der Waals surface area (Å²) in [6.45, 7) is 12.7. The normalized spacial score (nSPS) is 29.1. The van der Waals surface area contributed by atoms with Crippen molar-refractivity contribution in [1.82, 2.24) is 0 Å². The van der Waals surface area contributed by atoms with Gasteiger partial charge < -0.3 is 0 Å². The molecule has 19 heavy (non-hydrogen) atoms. The lowest BCUT2D eigenvalue weighted by atomic mass is 9.73. The number of hydrogen-bond donors (Lipinski definition) is 0. The predicted octanol–water partition coefficient (Wildman–Crippen LogP) is 5.27. The molecule has 2 unspecified atom stereocenters. The zero-order chi connectivity index (χ0) is 14.0. The molecule has 1 aliphatic heterocycles. The van der Waals surface area contributed by atoms with Gasteiger partial charge in [0.25, 0.3) is 0 Å². The van der Waals surface area contributed by atoms with Gasteiger partial charge in [0.2, 0.25) is 0 Å². The van der Waals surface area contributed by atoms with Crippen LogP contribution in [-0.4, -0.2) is 12.3 Å². The number of allylic oxidation sites excluding steroid dienone is 1. The summed E-state index contributed by atoms with van der Waals surface area (Å²) in [6.07, 6.45) is 6.87. The molecule has 0 bridgehead atoms. The minimum Gasteiger partial charge on any atom is -0.289 e. The molecule has 0 aromatic heterocycles. The molecule has 0 aromatic carbocycles. The lowest BCUT2D eigenvalue weighted by molar-refractivity contribution is 0.306. The molecule has 0 N–H and O–H groups in total. The van der Waals surface area contributed by atoms with Crippen molar-refractivity contribution in [1.29, 1.82) is 0 Å². The van der Waals surface area contributed by atoms with E-state index in [0.29, 0.717) is 11.8 Å². The zero-order valence-electron chi connectivity index (χ0n) is 13.5. The molecule has 2 atom stereocenters. The summed E-state index contributed by atoms with van der Waals surface area (Å²) in [4.78, 5) is 4.88. The molecule has 1 heteroatoms. The Morgan fingerprint density at radius 1 is 1.05 bits per heavy atom. The van der Waals surface area contributed by atoms with E-state index in [9.17, 15) is 0 Å². The summed E-state index contributed by atoms with van der Waals surface area (Å²) < 4.78 is 0. The minimum absolute atomic E-state index is 0.619. The van der Waals surface area contributed by atoms with Crippen LogP contribution < -0.4 is 0 Å². The molecule has 0 spiro atoms. The molecular formula is C18H31N. The molecule has 0 aromatic rings. The molecule has 2 aliphatic rings. The van der Waals surface area contributed by atoms with Gasteiger partial charge in [-0.1, -0.05) is 51.7 Å². The summed E-state index contributed by atoms with van der Waals surface area (Å²) in [5.74, 6) is 3.08. The highest BCUT2D eigenvalue weighted by atomic mass is 14.8. The maximum atomic E-state index is 4.88. The van der Waals surface area contributed by atoms with Crippen LogP contribution in [0.15, 0.2) is 16.1 Å². The van der Waals surface area contributed by atoms with Crippen LogP contribution in [0.25, 0.3) is 0 Å². The second-order valence-corrected chi connectivity index (χ2v) is 7.23. The van der Waals surface area contributed by atoms with E-state index in [1.54, 1.807) is 11.1 Å². The van der Waals surface area contributed by atoms with Crippen LogP contribution in [0, 0.1) is 23.7 Å². The Kier molecular flexibility index (Phi) is 4.86. The Morgan fingerprint density at radius 2 is 1.79 bits per heavy atom. The topological polar surface area (TPSA) is 12.4 Å². The van der Waals surface area contributed by atoms with E-state index in [2.05, 4.69) is 34.6 Å². The molecule has 0 amide bonds. The van der Waals surface area contributed by atoms with Crippen LogP contribution >= 0.6 is 0 Å². The van der Waals surface area contributed by atoms with Crippen LogP contribution in [0.4, 0.5) is 0 Å². The molecule has 1 saturated carbocycles. The van der Waals surface area contributed by atoms with Gasteiger partial charge in [0.15, 0.2) is 0 Å². The van der Waals surface area contributed by atoms with Crippen molar-refractivity contribution < 1.29 is 0 Å². The molecule has 1 heterocycles. The number of dihydropyridines is 1. The average molecular weight is 261 g/mol. The summed E-state index contributed by atoms with van der Waals surface area (Å²) in [5.41, 5.74) is 4.81. The van der Waals surface area contributed by atoms with E-state index >= 15 is 0 Å². The van der Waals surface area contributed by atoms with Crippen molar-refractivity contribution in [3.8, 4) is 0 Å². The second kappa shape index (κ2) is 6.24. The first kappa shape index (κ1) is 14.8. The Morgan fingerprint density at radius 3 is 2.42 bits per heavy atom. The molecule has 1 aliphatic carbocycles. The maximum Gasteiger partial charge on any atom is 0.0599 e. The monoisotopic (exact) mass is 261 g/mol. The maximum absolute atomic E-state index is 4.88. The van der Waals surface area contributed by atoms with Crippen LogP contribution in [0.3, 0.4) is 0 Å².